The highest BCUT2D eigenvalue weighted by Crippen LogP contribution is 2.28. The number of thiophene rings is 1. The van der Waals surface area contributed by atoms with E-state index in [-0.39, 0.29) is 5.92 Å². The van der Waals surface area contributed by atoms with Crippen LogP contribution in [-0.4, -0.2) is 35.7 Å². The van der Waals surface area contributed by atoms with Crippen molar-refractivity contribution < 1.29 is 14.6 Å². The molecule has 1 N–H and O–H groups in total. The standard InChI is InChI=1S/C28H33NO3S/c1-20-5-6-23(14-21(20)2)15-24(25-11-13-33-19-25)4-3-12-32-27-9-7-22(8-10-27)16-29-17-26(18-29)28(30)31/h5-11,13-14,19,24,26H,3-4,12,15-18H2,1-2H3,(H,30,31). The number of ether oxygens (including phenoxy) is 1. The molecule has 33 heavy (non-hydrogen) atoms. The Morgan fingerprint density at radius 3 is 2.52 bits per heavy atom. The highest BCUT2D eigenvalue weighted by atomic mass is 32.1. The number of carboxylic acids is 1. The minimum atomic E-state index is -0.690. The molecule has 1 fully saturated rings. The van der Waals surface area contributed by atoms with Crippen molar-refractivity contribution in [2.45, 2.75) is 45.6 Å². The quantitative estimate of drug-likeness (QED) is 0.351. The van der Waals surface area contributed by atoms with E-state index in [4.69, 9.17) is 9.84 Å². The fourth-order valence-corrected chi connectivity index (χ4v) is 5.18. The molecular weight excluding hydrogens is 430 g/mol. The summed E-state index contributed by atoms with van der Waals surface area (Å²) in [6, 6.07) is 17.3. The summed E-state index contributed by atoms with van der Waals surface area (Å²) in [5.74, 6) is 0.508. The summed E-state index contributed by atoms with van der Waals surface area (Å²) in [4.78, 5) is 13.1. The van der Waals surface area contributed by atoms with Crippen molar-refractivity contribution in [3.63, 3.8) is 0 Å². The van der Waals surface area contributed by atoms with Gasteiger partial charge in [0, 0.05) is 19.6 Å². The predicted molar refractivity (Wildman–Crippen MR) is 134 cm³/mol. The second-order valence-electron chi connectivity index (χ2n) is 9.24. The summed E-state index contributed by atoms with van der Waals surface area (Å²) in [5.41, 5.74) is 6.73. The fraction of sp³-hybridized carbons (Fsp3) is 0.393. The van der Waals surface area contributed by atoms with E-state index >= 15 is 0 Å². The normalized spacial score (nSPS) is 15.2. The van der Waals surface area contributed by atoms with Crippen LogP contribution in [0.5, 0.6) is 5.75 Å². The highest BCUT2D eigenvalue weighted by Gasteiger charge is 2.32. The van der Waals surface area contributed by atoms with Crippen molar-refractivity contribution >= 4 is 17.3 Å². The predicted octanol–water partition coefficient (Wildman–Crippen LogP) is 6.07. The Morgan fingerprint density at radius 2 is 1.85 bits per heavy atom. The largest absolute Gasteiger partial charge is 0.494 e. The molecule has 174 valence electrons. The molecule has 2 aromatic carbocycles. The Kier molecular flexibility index (Phi) is 7.84. The first-order valence-electron chi connectivity index (χ1n) is 11.7. The number of hydrogen-bond acceptors (Lipinski definition) is 4. The number of carboxylic acid groups (broad SMARTS) is 1. The van der Waals surface area contributed by atoms with Gasteiger partial charge in [-0.25, -0.2) is 0 Å². The molecule has 1 unspecified atom stereocenters. The Bertz CT molecular complexity index is 1040. The first-order chi connectivity index (χ1) is 16.0. The van der Waals surface area contributed by atoms with Gasteiger partial charge in [0.05, 0.1) is 12.5 Å². The molecule has 1 saturated heterocycles. The molecule has 1 aliphatic heterocycles. The molecule has 1 aliphatic rings. The number of aliphatic carboxylic acids is 1. The first kappa shape index (κ1) is 23.5. The number of rotatable bonds is 11. The zero-order valence-corrected chi connectivity index (χ0v) is 20.3. The van der Waals surface area contributed by atoms with Crippen LogP contribution in [-0.2, 0) is 17.8 Å². The van der Waals surface area contributed by atoms with Crippen molar-refractivity contribution in [3.05, 3.63) is 87.1 Å². The van der Waals surface area contributed by atoms with Gasteiger partial charge in [-0.1, -0.05) is 30.3 Å². The van der Waals surface area contributed by atoms with E-state index in [1.807, 2.05) is 12.1 Å². The summed E-state index contributed by atoms with van der Waals surface area (Å²) in [6.07, 6.45) is 3.17. The minimum absolute atomic E-state index is 0.208. The fourth-order valence-electron chi connectivity index (χ4n) is 4.43. The molecule has 0 bridgehead atoms. The van der Waals surface area contributed by atoms with E-state index in [9.17, 15) is 4.79 Å². The zero-order valence-electron chi connectivity index (χ0n) is 19.5. The molecule has 0 radical (unpaired) electrons. The molecule has 2 heterocycles. The third-order valence-electron chi connectivity index (χ3n) is 6.67. The van der Waals surface area contributed by atoms with E-state index < -0.39 is 5.97 Å². The number of likely N-dealkylation sites (tertiary alicyclic amines) is 1. The molecule has 0 saturated carbocycles. The molecule has 4 nitrogen and oxygen atoms in total. The lowest BCUT2D eigenvalue weighted by atomic mass is 9.89. The number of benzene rings is 2. The van der Waals surface area contributed by atoms with Crippen LogP contribution in [0.2, 0.25) is 0 Å². The Morgan fingerprint density at radius 1 is 1.09 bits per heavy atom. The lowest BCUT2D eigenvalue weighted by molar-refractivity contribution is -0.147. The van der Waals surface area contributed by atoms with Gasteiger partial charge in [0.1, 0.15) is 5.75 Å². The highest BCUT2D eigenvalue weighted by molar-refractivity contribution is 7.08. The van der Waals surface area contributed by atoms with Crippen molar-refractivity contribution in [2.24, 2.45) is 5.92 Å². The topological polar surface area (TPSA) is 49.8 Å². The third kappa shape index (κ3) is 6.46. The molecule has 0 spiro atoms. The number of hydrogen-bond donors (Lipinski definition) is 1. The van der Waals surface area contributed by atoms with Crippen molar-refractivity contribution in [1.29, 1.82) is 0 Å². The smallest absolute Gasteiger partial charge is 0.309 e. The lowest BCUT2D eigenvalue weighted by Gasteiger charge is -2.36. The van der Waals surface area contributed by atoms with Crippen LogP contribution in [0.25, 0.3) is 0 Å². The maximum absolute atomic E-state index is 10.9. The summed E-state index contributed by atoms with van der Waals surface area (Å²) >= 11 is 1.77. The Labute approximate surface area is 200 Å². The van der Waals surface area contributed by atoms with Gasteiger partial charge < -0.3 is 9.84 Å². The van der Waals surface area contributed by atoms with Crippen LogP contribution in [0.3, 0.4) is 0 Å². The van der Waals surface area contributed by atoms with Crippen LogP contribution < -0.4 is 4.74 Å². The molecule has 5 heteroatoms. The van der Waals surface area contributed by atoms with E-state index in [1.165, 1.54) is 27.8 Å². The van der Waals surface area contributed by atoms with E-state index in [1.54, 1.807) is 11.3 Å². The number of nitrogens with zero attached hydrogens (tertiary/aromatic N) is 1. The third-order valence-corrected chi connectivity index (χ3v) is 7.37. The maximum atomic E-state index is 10.9. The van der Waals surface area contributed by atoms with Crippen LogP contribution in [0.4, 0.5) is 0 Å². The van der Waals surface area contributed by atoms with Crippen molar-refractivity contribution in [2.75, 3.05) is 19.7 Å². The van der Waals surface area contributed by atoms with E-state index in [2.05, 4.69) is 65.9 Å². The number of carbonyl (C=O) groups is 1. The van der Waals surface area contributed by atoms with Gasteiger partial charge in [0.15, 0.2) is 0 Å². The Hall–Kier alpha value is -2.63. The van der Waals surface area contributed by atoms with Crippen LogP contribution in [0.15, 0.2) is 59.3 Å². The van der Waals surface area contributed by atoms with Crippen LogP contribution >= 0.6 is 11.3 Å². The molecule has 3 aromatic rings. The summed E-state index contributed by atoms with van der Waals surface area (Å²) < 4.78 is 6.02. The van der Waals surface area contributed by atoms with Crippen LogP contribution in [0, 0.1) is 19.8 Å². The molecular formula is C28H33NO3S. The van der Waals surface area contributed by atoms with E-state index in [0.29, 0.717) is 25.6 Å². The van der Waals surface area contributed by atoms with Gasteiger partial charge in [-0.05, 0) is 95.8 Å². The van der Waals surface area contributed by atoms with E-state index in [0.717, 1.165) is 31.6 Å². The summed E-state index contributed by atoms with van der Waals surface area (Å²) in [6.45, 7) is 7.14. The minimum Gasteiger partial charge on any atom is -0.494 e. The Balaban J connectivity index is 1.24. The van der Waals surface area contributed by atoms with Gasteiger partial charge in [-0.2, -0.15) is 11.3 Å². The number of aryl methyl sites for hydroxylation is 2. The summed E-state index contributed by atoms with van der Waals surface area (Å²) in [7, 11) is 0. The molecule has 4 rings (SSSR count). The summed E-state index contributed by atoms with van der Waals surface area (Å²) in [5, 5.41) is 13.4. The second kappa shape index (κ2) is 11.0. The molecule has 0 aliphatic carbocycles. The van der Waals surface area contributed by atoms with Gasteiger partial charge in [-0.15, -0.1) is 0 Å². The maximum Gasteiger partial charge on any atom is 0.309 e. The average molecular weight is 464 g/mol. The second-order valence-corrected chi connectivity index (χ2v) is 10.0. The van der Waals surface area contributed by atoms with Gasteiger partial charge in [0.25, 0.3) is 0 Å². The van der Waals surface area contributed by atoms with Gasteiger partial charge in [0.2, 0.25) is 0 Å². The van der Waals surface area contributed by atoms with Gasteiger partial charge >= 0.3 is 5.97 Å². The van der Waals surface area contributed by atoms with Crippen molar-refractivity contribution in [1.82, 2.24) is 4.90 Å². The van der Waals surface area contributed by atoms with Gasteiger partial charge in [-0.3, -0.25) is 9.69 Å². The average Bonchev–Trinajstić information content (AvgIpc) is 3.30. The first-order valence-corrected chi connectivity index (χ1v) is 12.7. The van der Waals surface area contributed by atoms with Crippen molar-refractivity contribution in [3.8, 4) is 5.75 Å². The molecule has 1 aromatic heterocycles. The molecule has 1 atom stereocenters. The lowest BCUT2D eigenvalue weighted by Crippen LogP contribution is -2.49. The molecule has 0 amide bonds. The zero-order chi connectivity index (χ0) is 23.2. The monoisotopic (exact) mass is 463 g/mol. The SMILES string of the molecule is Cc1ccc(CC(CCCOc2ccc(CN3CC(C(=O)O)C3)cc2)c2ccsc2)cc1C. The van der Waals surface area contributed by atoms with Crippen LogP contribution in [0.1, 0.15) is 46.6 Å².